The predicted molar refractivity (Wildman–Crippen MR) is 77.3 cm³/mol. The Balaban J connectivity index is 1.89. The summed E-state index contributed by atoms with van der Waals surface area (Å²) in [7, 11) is 0. The Morgan fingerprint density at radius 2 is 2.05 bits per heavy atom. The molecule has 0 spiro atoms. The minimum atomic E-state index is -0.948. The molecule has 0 bridgehead atoms. The Morgan fingerprint density at radius 3 is 2.62 bits per heavy atom. The quantitative estimate of drug-likeness (QED) is 0.828. The van der Waals surface area contributed by atoms with Gasteiger partial charge in [-0.25, -0.2) is 0 Å². The van der Waals surface area contributed by atoms with E-state index in [4.69, 9.17) is 10.5 Å². The molecule has 1 saturated carbocycles. The summed E-state index contributed by atoms with van der Waals surface area (Å²) in [4.78, 5) is 23.4. The van der Waals surface area contributed by atoms with Gasteiger partial charge in [0.05, 0.1) is 11.3 Å². The number of hydrogen-bond acceptors (Lipinski definition) is 4. The fourth-order valence-electron chi connectivity index (χ4n) is 2.67. The van der Waals surface area contributed by atoms with Crippen LogP contribution >= 0.6 is 0 Å². The van der Waals surface area contributed by atoms with Gasteiger partial charge in [0.25, 0.3) is 0 Å². The fourth-order valence-corrected chi connectivity index (χ4v) is 2.67. The molecule has 0 amide bonds. The van der Waals surface area contributed by atoms with Crippen molar-refractivity contribution in [2.75, 3.05) is 0 Å². The van der Waals surface area contributed by atoms with Crippen molar-refractivity contribution < 1.29 is 19.4 Å². The molecule has 1 fully saturated rings. The summed E-state index contributed by atoms with van der Waals surface area (Å²) in [5, 5.41) is 9.25. The number of nitrogens with two attached hydrogens (primary N) is 1. The molecular formula is C16H21NO4. The molecule has 3 N–H and O–H groups in total. The average Bonchev–Trinajstić information content (AvgIpc) is 2.48. The molecule has 3 atom stereocenters. The maximum Gasteiger partial charge on any atom is 0.310 e. The molecule has 0 heterocycles. The maximum atomic E-state index is 12.1. The third kappa shape index (κ3) is 3.42. The van der Waals surface area contributed by atoms with Gasteiger partial charge < -0.3 is 15.6 Å². The Labute approximate surface area is 124 Å². The van der Waals surface area contributed by atoms with E-state index in [0.717, 1.165) is 5.56 Å². The van der Waals surface area contributed by atoms with E-state index in [0.29, 0.717) is 19.3 Å². The van der Waals surface area contributed by atoms with Crippen molar-refractivity contribution >= 4 is 11.9 Å². The van der Waals surface area contributed by atoms with Crippen LogP contribution in [-0.4, -0.2) is 23.1 Å². The topological polar surface area (TPSA) is 89.6 Å². The van der Waals surface area contributed by atoms with Crippen molar-refractivity contribution in [3.05, 3.63) is 35.9 Å². The number of carbonyl (C=O) groups excluding carboxylic acids is 1. The highest BCUT2D eigenvalue weighted by Gasteiger charge is 2.45. The van der Waals surface area contributed by atoms with Gasteiger partial charge in [-0.1, -0.05) is 30.3 Å². The average molecular weight is 291 g/mol. The van der Waals surface area contributed by atoms with Crippen molar-refractivity contribution in [2.24, 2.45) is 17.1 Å². The molecule has 1 unspecified atom stereocenters. The Kier molecular flexibility index (Phi) is 4.63. The molecule has 0 aliphatic heterocycles. The van der Waals surface area contributed by atoms with Crippen molar-refractivity contribution in [1.82, 2.24) is 0 Å². The smallest absolute Gasteiger partial charge is 0.310 e. The highest BCUT2D eigenvalue weighted by atomic mass is 16.5. The molecule has 5 nitrogen and oxygen atoms in total. The van der Waals surface area contributed by atoms with Crippen LogP contribution in [0.2, 0.25) is 0 Å². The third-order valence-corrected chi connectivity index (χ3v) is 4.41. The van der Waals surface area contributed by atoms with Crippen LogP contribution in [0, 0.1) is 11.3 Å². The molecule has 114 valence electrons. The molecular weight excluding hydrogens is 270 g/mol. The van der Waals surface area contributed by atoms with Crippen molar-refractivity contribution in [3.63, 3.8) is 0 Å². The van der Waals surface area contributed by atoms with Gasteiger partial charge >= 0.3 is 11.9 Å². The standard InChI is InChI=1S/C16H21NO4/c1-16(15(19)20)8-7-12(9-13(16)17)14(18)21-10-11-5-3-2-4-6-11/h2-6,12-13H,7-10,17H2,1H3,(H,19,20)/t12-,13+,16?/m1/s1. The van der Waals surface area contributed by atoms with E-state index >= 15 is 0 Å². The lowest BCUT2D eigenvalue weighted by Gasteiger charge is -2.38. The van der Waals surface area contributed by atoms with E-state index in [-0.39, 0.29) is 18.5 Å². The van der Waals surface area contributed by atoms with Crippen molar-refractivity contribution in [1.29, 1.82) is 0 Å². The van der Waals surface area contributed by atoms with Crippen LogP contribution in [0.15, 0.2) is 30.3 Å². The number of carbonyl (C=O) groups is 2. The van der Waals surface area contributed by atoms with E-state index in [9.17, 15) is 14.7 Å². The van der Waals surface area contributed by atoms with Gasteiger partial charge in [0.1, 0.15) is 6.61 Å². The highest BCUT2D eigenvalue weighted by Crippen LogP contribution is 2.38. The largest absolute Gasteiger partial charge is 0.481 e. The van der Waals surface area contributed by atoms with Crippen molar-refractivity contribution in [2.45, 2.75) is 38.8 Å². The molecule has 1 aromatic carbocycles. The SMILES string of the molecule is CC1(C(=O)O)CC[C@@H](C(=O)OCc2ccccc2)C[C@@H]1N. The number of esters is 1. The first-order valence-corrected chi connectivity index (χ1v) is 7.13. The number of carboxylic acid groups (broad SMARTS) is 1. The molecule has 0 radical (unpaired) electrons. The number of carboxylic acids is 1. The second kappa shape index (κ2) is 6.26. The molecule has 21 heavy (non-hydrogen) atoms. The second-order valence-corrected chi connectivity index (χ2v) is 5.89. The number of hydrogen-bond donors (Lipinski definition) is 2. The lowest BCUT2D eigenvalue weighted by molar-refractivity contribution is -0.158. The summed E-state index contributed by atoms with van der Waals surface area (Å²) in [5.74, 6) is -1.50. The van der Waals surface area contributed by atoms with Crippen LogP contribution in [0.25, 0.3) is 0 Å². The molecule has 1 aromatic rings. The van der Waals surface area contributed by atoms with Gasteiger partial charge in [-0.05, 0) is 31.7 Å². The first-order valence-electron chi connectivity index (χ1n) is 7.13. The van der Waals surface area contributed by atoms with E-state index in [1.54, 1.807) is 6.92 Å². The summed E-state index contributed by atoms with van der Waals surface area (Å²) >= 11 is 0. The number of rotatable bonds is 4. The molecule has 5 heteroatoms. The van der Waals surface area contributed by atoms with Gasteiger partial charge in [0, 0.05) is 6.04 Å². The van der Waals surface area contributed by atoms with Crippen LogP contribution in [0.4, 0.5) is 0 Å². The minimum absolute atomic E-state index is 0.238. The lowest BCUT2D eigenvalue weighted by atomic mass is 9.68. The van der Waals surface area contributed by atoms with Gasteiger partial charge in [-0.15, -0.1) is 0 Å². The fraction of sp³-hybridized carbons (Fsp3) is 0.500. The van der Waals surface area contributed by atoms with E-state index < -0.39 is 17.4 Å². The lowest BCUT2D eigenvalue weighted by Crippen LogP contribution is -2.50. The monoisotopic (exact) mass is 291 g/mol. The zero-order valence-electron chi connectivity index (χ0n) is 12.1. The Morgan fingerprint density at radius 1 is 1.38 bits per heavy atom. The van der Waals surface area contributed by atoms with Gasteiger partial charge in [0.2, 0.25) is 0 Å². The zero-order valence-corrected chi connectivity index (χ0v) is 12.1. The first-order chi connectivity index (χ1) is 9.93. The Hall–Kier alpha value is -1.88. The van der Waals surface area contributed by atoms with Gasteiger partial charge in [-0.3, -0.25) is 9.59 Å². The van der Waals surface area contributed by atoms with Crippen LogP contribution in [0.1, 0.15) is 31.7 Å². The molecule has 2 rings (SSSR count). The first kappa shape index (κ1) is 15.5. The van der Waals surface area contributed by atoms with Crippen molar-refractivity contribution in [3.8, 4) is 0 Å². The molecule has 0 saturated heterocycles. The number of ether oxygens (including phenoxy) is 1. The van der Waals surface area contributed by atoms with Gasteiger partial charge in [0.15, 0.2) is 0 Å². The number of aliphatic carboxylic acids is 1. The Bertz CT molecular complexity index is 516. The maximum absolute atomic E-state index is 12.1. The molecule has 1 aliphatic rings. The molecule has 1 aliphatic carbocycles. The summed E-state index contributed by atoms with van der Waals surface area (Å²) in [6, 6.07) is 8.93. The van der Waals surface area contributed by atoms with Crippen LogP contribution in [-0.2, 0) is 20.9 Å². The minimum Gasteiger partial charge on any atom is -0.481 e. The summed E-state index contributed by atoms with van der Waals surface area (Å²) in [5.41, 5.74) is 5.94. The summed E-state index contributed by atoms with van der Waals surface area (Å²) < 4.78 is 5.30. The predicted octanol–water partition coefficient (Wildman–Crippen LogP) is 1.95. The highest BCUT2D eigenvalue weighted by molar-refractivity contribution is 5.77. The summed E-state index contributed by atoms with van der Waals surface area (Å²) in [6.07, 6.45) is 1.26. The van der Waals surface area contributed by atoms with Crippen LogP contribution in [0.5, 0.6) is 0 Å². The van der Waals surface area contributed by atoms with E-state index in [1.807, 2.05) is 30.3 Å². The van der Waals surface area contributed by atoms with Crippen LogP contribution in [0.3, 0.4) is 0 Å². The molecule has 0 aromatic heterocycles. The third-order valence-electron chi connectivity index (χ3n) is 4.41. The number of benzene rings is 1. The van der Waals surface area contributed by atoms with Crippen LogP contribution < -0.4 is 5.73 Å². The van der Waals surface area contributed by atoms with E-state index in [2.05, 4.69) is 0 Å². The van der Waals surface area contributed by atoms with E-state index in [1.165, 1.54) is 0 Å². The van der Waals surface area contributed by atoms with Gasteiger partial charge in [-0.2, -0.15) is 0 Å². The normalized spacial score (nSPS) is 28.9. The zero-order chi connectivity index (χ0) is 15.5. The second-order valence-electron chi connectivity index (χ2n) is 5.89. The summed E-state index contributed by atoms with van der Waals surface area (Å²) in [6.45, 7) is 1.88.